The van der Waals surface area contributed by atoms with Gasteiger partial charge in [0.15, 0.2) is 0 Å². The van der Waals surface area contributed by atoms with Crippen LogP contribution in [0.1, 0.15) is 17.2 Å². The van der Waals surface area contributed by atoms with E-state index in [9.17, 15) is 9.50 Å². The Bertz CT molecular complexity index is 584. The van der Waals surface area contributed by atoms with Gasteiger partial charge in [0.1, 0.15) is 5.82 Å². The van der Waals surface area contributed by atoms with E-state index in [1.807, 2.05) is 18.2 Å². The molecule has 0 aromatic heterocycles. The molecular weight excluding hydrogens is 398 g/mol. The van der Waals surface area contributed by atoms with Crippen molar-refractivity contribution >= 4 is 43.5 Å². The second-order valence-corrected chi connectivity index (χ2v) is 6.41. The highest BCUT2D eigenvalue weighted by molar-refractivity contribution is 9.11. The second-order valence-electron chi connectivity index (χ2n) is 4.17. The molecule has 100 valence electrons. The lowest BCUT2D eigenvalue weighted by molar-refractivity contribution is 0.178. The van der Waals surface area contributed by atoms with Crippen LogP contribution in [0.5, 0.6) is 0 Å². The van der Waals surface area contributed by atoms with Gasteiger partial charge in [0, 0.05) is 15.4 Å². The Morgan fingerprint density at radius 1 is 1.11 bits per heavy atom. The van der Waals surface area contributed by atoms with Crippen LogP contribution in [-0.4, -0.2) is 5.11 Å². The van der Waals surface area contributed by atoms with Gasteiger partial charge in [0.2, 0.25) is 0 Å². The van der Waals surface area contributed by atoms with E-state index in [1.54, 1.807) is 6.07 Å². The van der Waals surface area contributed by atoms with Gasteiger partial charge in [-0.05, 0) is 41.5 Å². The van der Waals surface area contributed by atoms with Crippen LogP contribution >= 0.6 is 43.5 Å². The lowest BCUT2D eigenvalue weighted by Gasteiger charge is -2.12. The Kier molecular flexibility index (Phi) is 5.01. The topological polar surface area (TPSA) is 20.2 Å². The first-order valence-electron chi connectivity index (χ1n) is 5.53. The van der Waals surface area contributed by atoms with Gasteiger partial charge in [-0.1, -0.05) is 49.5 Å². The van der Waals surface area contributed by atoms with Crippen LogP contribution in [-0.2, 0) is 6.42 Å². The van der Waals surface area contributed by atoms with Crippen molar-refractivity contribution in [3.8, 4) is 0 Å². The number of hydrogen-bond acceptors (Lipinski definition) is 1. The van der Waals surface area contributed by atoms with E-state index in [-0.39, 0.29) is 5.02 Å². The van der Waals surface area contributed by atoms with Crippen molar-refractivity contribution in [1.82, 2.24) is 0 Å². The summed E-state index contributed by atoms with van der Waals surface area (Å²) in [7, 11) is 0. The fraction of sp³-hybridized carbons (Fsp3) is 0.143. The van der Waals surface area contributed by atoms with Gasteiger partial charge in [-0.2, -0.15) is 0 Å². The third-order valence-electron chi connectivity index (χ3n) is 2.68. The zero-order valence-electron chi connectivity index (χ0n) is 9.71. The molecule has 0 radical (unpaired) electrons. The van der Waals surface area contributed by atoms with Crippen LogP contribution < -0.4 is 0 Å². The first-order valence-corrected chi connectivity index (χ1v) is 7.50. The molecule has 1 atom stereocenters. The number of hydrogen-bond donors (Lipinski definition) is 1. The zero-order valence-corrected chi connectivity index (χ0v) is 13.6. The van der Waals surface area contributed by atoms with Crippen molar-refractivity contribution in [2.45, 2.75) is 12.5 Å². The van der Waals surface area contributed by atoms with Gasteiger partial charge >= 0.3 is 0 Å². The quantitative estimate of drug-likeness (QED) is 0.733. The van der Waals surface area contributed by atoms with Gasteiger partial charge in [-0.3, -0.25) is 0 Å². The maximum absolute atomic E-state index is 13.3. The van der Waals surface area contributed by atoms with E-state index in [1.165, 1.54) is 12.1 Å². The minimum atomic E-state index is -0.700. The molecule has 2 rings (SSSR count). The number of halogens is 4. The van der Waals surface area contributed by atoms with Crippen LogP contribution in [0.2, 0.25) is 5.02 Å². The molecular formula is C14H10Br2ClFO. The van der Waals surface area contributed by atoms with Crippen molar-refractivity contribution in [3.05, 3.63) is 67.3 Å². The number of aliphatic hydroxyl groups excluding tert-OH is 1. The van der Waals surface area contributed by atoms with Crippen molar-refractivity contribution in [1.29, 1.82) is 0 Å². The van der Waals surface area contributed by atoms with Gasteiger partial charge in [0.05, 0.1) is 11.1 Å². The molecule has 5 heteroatoms. The van der Waals surface area contributed by atoms with Crippen LogP contribution in [0.3, 0.4) is 0 Å². The molecule has 0 spiro atoms. The van der Waals surface area contributed by atoms with E-state index in [2.05, 4.69) is 31.9 Å². The average molecular weight is 408 g/mol. The Labute approximate surface area is 132 Å². The first-order chi connectivity index (χ1) is 8.95. The van der Waals surface area contributed by atoms with Crippen LogP contribution in [0.4, 0.5) is 4.39 Å². The maximum Gasteiger partial charge on any atom is 0.142 e. The largest absolute Gasteiger partial charge is 0.388 e. The summed E-state index contributed by atoms with van der Waals surface area (Å²) < 4.78 is 15.1. The highest BCUT2D eigenvalue weighted by Crippen LogP contribution is 2.27. The molecule has 1 unspecified atom stereocenters. The molecule has 0 fully saturated rings. The third kappa shape index (κ3) is 4.02. The molecule has 1 N–H and O–H groups in total. The Hall–Kier alpha value is -0.420. The summed E-state index contributed by atoms with van der Waals surface area (Å²) in [5, 5.41) is 10.3. The van der Waals surface area contributed by atoms with Gasteiger partial charge in [-0.15, -0.1) is 0 Å². The number of benzene rings is 2. The zero-order chi connectivity index (χ0) is 14.0. The SMILES string of the molecule is OC(Cc1ccc(Cl)c(F)c1)c1cc(Br)cc(Br)c1. The molecule has 0 aliphatic carbocycles. The molecule has 2 aromatic rings. The van der Waals surface area contributed by atoms with E-state index < -0.39 is 11.9 Å². The molecule has 0 aliphatic heterocycles. The fourth-order valence-corrected chi connectivity index (χ4v) is 3.22. The third-order valence-corrected chi connectivity index (χ3v) is 3.90. The monoisotopic (exact) mass is 406 g/mol. The summed E-state index contributed by atoms with van der Waals surface area (Å²) in [6.45, 7) is 0. The van der Waals surface area contributed by atoms with E-state index in [4.69, 9.17) is 11.6 Å². The summed E-state index contributed by atoms with van der Waals surface area (Å²) in [6, 6.07) is 10.1. The van der Waals surface area contributed by atoms with Gasteiger partial charge in [0.25, 0.3) is 0 Å². The molecule has 0 bridgehead atoms. The normalized spacial score (nSPS) is 12.5. The van der Waals surface area contributed by atoms with Crippen molar-refractivity contribution in [2.24, 2.45) is 0 Å². The lowest BCUT2D eigenvalue weighted by atomic mass is 10.0. The molecule has 0 aliphatic rings. The summed E-state index contributed by atoms with van der Waals surface area (Å²) in [4.78, 5) is 0. The van der Waals surface area contributed by atoms with E-state index in [0.29, 0.717) is 12.0 Å². The lowest BCUT2D eigenvalue weighted by Crippen LogP contribution is -2.02. The standard InChI is InChI=1S/C14H10Br2ClFO/c15-10-5-9(6-11(16)7-10)14(19)4-8-1-2-12(17)13(18)3-8/h1-3,5-7,14,19H,4H2. The minimum Gasteiger partial charge on any atom is -0.388 e. The minimum absolute atomic E-state index is 0.0865. The predicted octanol–water partition coefficient (Wildman–Crippen LogP) is 5.28. The predicted molar refractivity (Wildman–Crippen MR) is 81.9 cm³/mol. The van der Waals surface area contributed by atoms with E-state index >= 15 is 0 Å². The summed E-state index contributed by atoms with van der Waals surface area (Å²) in [5.41, 5.74) is 1.46. The second kappa shape index (κ2) is 6.35. The van der Waals surface area contributed by atoms with Crippen molar-refractivity contribution in [2.75, 3.05) is 0 Å². The van der Waals surface area contributed by atoms with Crippen molar-refractivity contribution < 1.29 is 9.50 Å². The van der Waals surface area contributed by atoms with E-state index in [0.717, 1.165) is 14.5 Å². The highest BCUT2D eigenvalue weighted by atomic mass is 79.9. The summed E-state index contributed by atoms with van der Waals surface area (Å²) >= 11 is 12.4. The fourth-order valence-electron chi connectivity index (χ4n) is 1.78. The molecule has 0 amide bonds. The average Bonchev–Trinajstić information content (AvgIpc) is 2.32. The highest BCUT2D eigenvalue weighted by Gasteiger charge is 2.11. The van der Waals surface area contributed by atoms with Crippen molar-refractivity contribution in [3.63, 3.8) is 0 Å². The summed E-state index contributed by atoms with van der Waals surface area (Å²) in [6.07, 6.45) is -0.369. The molecule has 0 saturated heterocycles. The Morgan fingerprint density at radius 3 is 2.32 bits per heavy atom. The molecule has 19 heavy (non-hydrogen) atoms. The molecule has 0 saturated carbocycles. The summed E-state index contributed by atoms with van der Waals surface area (Å²) in [5.74, 6) is -0.471. The first kappa shape index (κ1) is 15.0. The maximum atomic E-state index is 13.3. The number of aliphatic hydroxyl groups is 1. The Balaban J connectivity index is 2.20. The Morgan fingerprint density at radius 2 is 1.74 bits per heavy atom. The van der Waals surface area contributed by atoms with Crippen LogP contribution in [0.25, 0.3) is 0 Å². The molecule has 1 nitrogen and oxygen atoms in total. The molecule has 0 heterocycles. The van der Waals surface area contributed by atoms with Gasteiger partial charge < -0.3 is 5.11 Å². The molecule has 2 aromatic carbocycles. The smallest absolute Gasteiger partial charge is 0.142 e. The van der Waals surface area contributed by atoms with Crippen LogP contribution in [0, 0.1) is 5.82 Å². The number of rotatable bonds is 3. The van der Waals surface area contributed by atoms with Gasteiger partial charge in [-0.25, -0.2) is 4.39 Å². The van der Waals surface area contributed by atoms with Crippen LogP contribution in [0.15, 0.2) is 45.3 Å².